The van der Waals surface area contributed by atoms with E-state index in [-0.39, 0.29) is 5.92 Å². The van der Waals surface area contributed by atoms with Gasteiger partial charge >= 0.3 is 0 Å². The maximum Gasteiger partial charge on any atom is 0.166 e. The fraction of sp³-hybridized carbons (Fsp3) is 0.125. The summed E-state index contributed by atoms with van der Waals surface area (Å²) in [5.74, 6) is -0.0480. The molecule has 1 unspecified atom stereocenters. The molecular weight excluding hydrogens is 236 g/mol. The van der Waals surface area contributed by atoms with Crippen LogP contribution in [0.3, 0.4) is 0 Å². The van der Waals surface area contributed by atoms with Gasteiger partial charge in [0.15, 0.2) is 6.29 Å². The first-order valence-electron chi connectivity index (χ1n) is 6.11. The van der Waals surface area contributed by atoms with Crippen LogP contribution in [0.15, 0.2) is 72.4 Å². The number of rotatable bonds is 5. The van der Waals surface area contributed by atoms with Gasteiger partial charge in [-0.25, -0.2) is 0 Å². The van der Waals surface area contributed by atoms with E-state index in [1.807, 2.05) is 41.4 Å². The van der Waals surface area contributed by atoms with E-state index in [0.29, 0.717) is 12.3 Å². The number of para-hydroxylation sites is 1. The molecule has 0 saturated heterocycles. The number of hydrogen-bond donors (Lipinski definition) is 0. The Hall–Kier alpha value is -2.42. The van der Waals surface area contributed by atoms with Crippen LogP contribution in [0.2, 0.25) is 0 Å². The predicted octanol–water partition coefficient (Wildman–Crippen LogP) is 2.98. The normalized spacial score (nSPS) is 18.9. The lowest BCUT2D eigenvalue weighted by molar-refractivity contribution is -0.102. The number of carbonyl (C=O) groups excluding carboxylic acids is 1. The molecule has 0 fully saturated rings. The van der Waals surface area contributed by atoms with Crippen molar-refractivity contribution in [3.05, 3.63) is 67.3 Å². The SMILES string of the molecule is C=C/C=C(\C=C)C1CN(c2ccccc2)N=C1C=O. The molecule has 3 nitrogen and oxygen atoms in total. The third kappa shape index (κ3) is 2.71. The number of aldehydes is 1. The van der Waals surface area contributed by atoms with Crippen LogP contribution in [0, 0.1) is 5.92 Å². The van der Waals surface area contributed by atoms with Gasteiger partial charge in [-0.05, 0) is 17.7 Å². The minimum absolute atomic E-state index is 0.0480. The minimum atomic E-state index is -0.0480. The van der Waals surface area contributed by atoms with Crippen molar-refractivity contribution in [2.45, 2.75) is 0 Å². The van der Waals surface area contributed by atoms with Crippen LogP contribution in [-0.2, 0) is 4.79 Å². The standard InChI is InChI=1S/C16H16N2O/c1-3-8-13(4-2)15-11-18(17-16(15)12-19)14-9-6-5-7-10-14/h3-10,12,15H,1-2,11H2/b13-8+. The van der Waals surface area contributed by atoms with Crippen LogP contribution >= 0.6 is 0 Å². The zero-order valence-electron chi connectivity index (χ0n) is 10.7. The molecule has 1 aliphatic heterocycles. The fourth-order valence-electron chi connectivity index (χ4n) is 2.12. The van der Waals surface area contributed by atoms with E-state index >= 15 is 0 Å². The number of anilines is 1. The Morgan fingerprint density at radius 2 is 2.05 bits per heavy atom. The summed E-state index contributed by atoms with van der Waals surface area (Å²) in [5, 5.41) is 6.21. The first-order chi connectivity index (χ1) is 9.30. The molecule has 2 rings (SSSR count). The molecule has 1 aromatic rings. The summed E-state index contributed by atoms with van der Waals surface area (Å²) in [6, 6.07) is 9.80. The Labute approximate surface area is 113 Å². The topological polar surface area (TPSA) is 32.7 Å². The summed E-state index contributed by atoms with van der Waals surface area (Å²) in [7, 11) is 0. The van der Waals surface area contributed by atoms with Crippen molar-refractivity contribution in [1.29, 1.82) is 0 Å². The van der Waals surface area contributed by atoms with E-state index in [4.69, 9.17) is 0 Å². The Bertz CT molecular complexity index is 543. The number of allylic oxidation sites excluding steroid dienone is 3. The van der Waals surface area contributed by atoms with Gasteiger partial charge in [-0.2, -0.15) is 5.10 Å². The molecule has 1 heterocycles. The molecule has 0 aromatic heterocycles. The second-order valence-electron chi connectivity index (χ2n) is 4.22. The van der Waals surface area contributed by atoms with E-state index in [9.17, 15) is 4.79 Å². The third-order valence-corrected chi connectivity index (χ3v) is 3.07. The molecule has 0 N–H and O–H groups in total. The highest BCUT2D eigenvalue weighted by molar-refractivity contribution is 6.31. The van der Waals surface area contributed by atoms with Crippen LogP contribution < -0.4 is 5.01 Å². The summed E-state index contributed by atoms with van der Waals surface area (Å²) >= 11 is 0. The lowest BCUT2D eigenvalue weighted by Gasteiger charge is -2.16. The van der Waals surface area contributed by atoms with Crippen molar-refractivity contribution in [2.24, 2.45) is 11.0 Å². The molecule has 1 aliphatic rings. The zero-order valence-corrected chi connectivity index (χ0v) is 10.7. The summed E-state index contributed by atoms with van der Waals surface area (Å²) < 4.78 is 0. The number of hydrazone groups is 1. The van der Waals surface area contributed by atoms with Gasteiger partial charge in [0.1, 0.15) is 5.71 Å². The second kappa shape index (κ2) is 5.96. The highest BCUT2D eigenvalue weighted by Gasteiger charge is 2.28. The van der Waals surface area contributed by atoms with E-state index in [1.54, 1.807) is 12.2 Å². The summed E-state index contributed by atoms with van der Waals surface area (Å²) in [6.07, 6.45) is 6.13. The van der Waals surface area contributed by atoms with Crippen molar-refractivity contribution < 1.29 is 4.79 Å². The van der Waals surface area contributed by atoms with E-state index in [2.05, 4.69) is 18.3 Å². The molecule has 3 heteroatoms. The first-order valence-corrected chi connectivity index (χ1v) is 6.11. The van der Waals surface area contributed by atoms with E-state index in [0.717, 1.165) is 17.5 Å². The van der Waals surface area contributed by atoms with Crippen molar-refractivity contribution in [3.63, 3.8) is 0 Å². The van der Waals surface area contributed by atoms with Gasteiger partial charge in [-0.15, -0.1) is 0 Å². The Balaban J connectivity index is 2.29. The van der Waals surface area contributed by atoms with Gasteiger partial charge in [0.2, 0.25) is 0 Å². The zero-order chi connectivity index (χ0) is 13.7. The molecule has 96 valence electrons. The Kier molecular flexibility index (Phi) is 4.08. The Morgan fingerprint density at radius 1 is 1.32 bits per heavy atom. The van der Waals surface area contributed by atoms with Gasteiger partial charge in [-0.3, -0.25) is 9.80 Å². The van der Waals surface area contributed by atoms with Crippen LogP contribution in [0.25, 0.3) is 0 Å². The molecule has 0 radical (unpaired) electrons. The molecule has 0 amide bonds. The van der Waals surface area contributed by atoms with E-state index in [1.165, 1.54) is 0 Å². The van der Waals surface area contributed by atoms with Gasteiger partial charge in [0.25, 0.3) is 0 Å². The maximum absolute atomic E-state index is 11.2. The summed E-state index contributed by atoms with van der Waals surface area (Å²) in [6.45, 7) is 8.11. The molecule has 0 aliphatic carbocycles. The fourth-order valence-corrected chi connectivity index (χ4v) is 2.12. The number of carbonyl (C=O) groups is 1. The highest BCUT2D eigenvalue weighted by atomic mass is 16.1. The lowest BCUT2D eigenvalue weighted by Crippen LogP contribution is -2.21. The van der Waals surface area contributed by atoms with Crippen LogP contribution in [0.5, 0.6) is 0 Å². The summed E-state index contributed by atoms with van der Waals surface area (Å²) in [4.78, 5) is 11.2. The highest BCUT2D eigenvalue weighted by Crippen LogP contribution is 2.26. The average molecular weight is 252 g/mol. The van der Waals surface area contributed by atoms with Crippen molar-refractivity contribution >= 4 is 17.7 Å². The molecule has 0 bridgehead atoms. The number of hydrogen-bond acceptors (Lipinski definition) is 3. The van der Waals surface area contributed by atoms with Crippen molar-refractivity contribution in [3.8, 4) is 0 Å². The van der Waals surface area contributed by atoms with Crippen LogP contribution in [0.4, 0.5) is 5.69 Å². The first kappa shape index (κ1) is 13.0. The Morgan fingerprint density at radius 3 is 2.63 bits per heavy atom. The largest absolute Gasteiger partial charge is 0.296 e. The van der Waals surface area contributed by atoms with Crippen LogP contribution in [0.1, 0.15) is 0 Å². The predicted molar refractivity (Wildman–Crippen MR) is 79.3 cm³/mol. The summed E-state index contributed by atoms with van der Waals surface area (Å²) in [5.41, 5.74) is 2.46. The molecule has 1 atom stereocenters. The maximum atomic E-state index is 11.2. The monoisotopic (exact) mass is 252 g/mol. The molecule has 0 saturated carbocycles. The quantitative estimate of drug-likeness (QED) is 0.596. The second-order valence-corrected chi connectivity index (χ2v) is 4.22. The lowest BCUT2D eigenvalue weighted by atomic mass is 9.94. The van der Waals surface area contributed by atoms with Crippen LogP contribution in [-0.4, -0.2) is 18.5 Å². The third-order valence-electron chi connectivity index (χ3n) is 3.07. The minimum Gasteiger partial charge on any atom is -0.296 e. The number of benzene rings is 1. The average Bonchev–Trinajstić information content (AvgIpc) is 2.89. The van der Waals surface area contributed by atoms with E-state index < -0.39 is 0 Å². The van der Waals surface area contributed by atoms with Crippen molar-refractivity contribution in [2.75, 3.05) is 11.6 Å². The van der Waals surface area contributed by atoms with Crippen molar-refractivity contribution in [1.82, 2.24) is 0 Å². The molecule has 19 heavy (non-hydrogen) atoms. The van der Waals surface area contributed by atoms with Gasteiger partial charge < -0.3 is 0 Å². The van der Waals surface area contributed by atoms with Gasteiger partial charge in [-0.1, -0.05) is 49.6 Å². The van der Waals surface area contributed by atoms with Gasteiger partial charge in [0.05, 0.1) is 18.2 Å². The molecule has 1 aromatic carbocycles. The van der Waals surface area contributed by atoms with Gasteiger partial charge in [0, 0.05) is 0 Å². The number of nitrogens with zero attached hydrogens (tertiary/aromatic N) is 2. The molecule has 0 spiro atoms. The molecular formula is C16H16N2O. The smallest absolute Gasteiger partial charge is 0.166 e.